The Hall–Kier alpha value is -1.66. The van der Waals surface area contributed by atoms with Gasteiger partial charge in [-0.15, -0.1) is 12.4 Å². The third kappa shape index (κ3) is 4.61. The standard InChI is InChI=1S/C20H28N4O2.ClH/c1-20(2,3)10-16-17-14(18(25)22-13-5-4-8-21-11-13)9-15(12-6-7-12)23-19(17)26-24-16;/h9,12-13,21H,4-8,10-11H2,1-3H3,(H,22,25);1H/t13-;/m0./s1. The summed E-state index contributed by atoms with van der Waals surface area (Å²) in [5, 5.41) is 11.6. The topological polar surface area (TPSA) is 80.0 Å². The molecule has 2 aliphatic rings. The van der Waals surface area contributed by atoms with E-state index in [0.717, 1.165) is 62.0 Å². The maximum absolute atomic E-state index is 13.1. The zero-order chi connectivity index (χ0) is 18.3. The number of carbonyl (C=O) groups excluding carboxylic acids is 1. The lowest BCUT2D eigenvalue weighted by Crippen LogP contribution is -2.45. The first-order valence-corrected chi connectivity index (χ1v) is 9.71. The summed E-state index contributed by atoms with van der Waals surface area (Å²) in [4.78, 5) is 17.8. The molecule has 148 valence electrons. The summed E-state index contributed by atoms with van der Waals surface area (Å²) >= 11 is 0. The van der Waals surface area contributed by atoms with Gasteiger partial charge < -0.3 is 15.2 Å². The van der Waals surface area contributed by atoms with E-state index in [0.29, 0.717) is 17.2 Å². The van der Waals surface area contributed by atoms with Crippen LogP contribution in [0.25, 0.3) is 11.1 Å². The number of nitrogens with one attached hydrogen (secondary N) is 2. The minimum absolute atomic E-state index is 0. The van der Waals surface area contributed by atoms with E-state index in [-0.39, 0.29) is 29.8 Å². The molecule has 2 N–H and O–H groups in total. The molecule has 1 atom stereocenters. The highest BCUT2D eigenvalue weighted by atomic mass is 35.5. The van der Waals surface area contributed by atoms with Crippen molar-refractivity contribution in [3.8, 4) is 0 Å². The average Bonchev–Trinajstić information content (AvgIpc) is 3.37. The zero-order valence-electron chi connectivity index (χ0n) is 16.3. The van der Waals surface area contributed by atoms with Crippen LogP contribution in [0, 0.1) is 5.41 Å². The monoisotopic (exact) mass is 392 g/mol. The molecule has 2 aromatic rings. The lowest BCUT2D eigenvalue weighted by molar-refractivity contribution is 0.0932. The predicted molar refractivity (Wildman–Crippen MR) is 108 cm³/mol. The smallest absolute Gasteiger partial charge is 0.259 e. The van der Waals surface area contributed by atoms with E-state index in [2.05, 4.69) is 41.5 Å². The normalized spacial score (nSPS) is 20.3. The van der Waals surface area contributed by atoms with Gasteiger partial charge in [-0.3, -0.25) is 4.79 Å². The minimum Gasteiger partial charge on any atom is -0.348 e. The first kappa shape index (κ1) is 20.1. The van der Waals surface area contributed by atoms with Crippen LogP contribution in [-0.4, -0.2) is 35.2 Å². The van der Waals surface area contributed by atoms with Crippen molar-refractivity contribution in [2.24, 2.45) is 5.41 Å². The van der Waals surface area contributed by atoms with Gasteiger partial charge >= 0.3 is 0 Å². The van der Waals surface area contributed by atoms with Crippen molar-refractivity contribution in [2.45, 2.75) is 64.8 Å². The predicted octanol–water partition coefficient (Wildman–Crippen LogP) is 3.59. The molecular weight excluding hydrogens is 364 g/mol. The summed E-state index contributed by atoms with van der Waals surface area (Å²) in [7, 11) is 0. The Morgan fingerprint density at radius 1 is 1.33 bits per heavy atom. The highest BCUT2D eigenvalue weighted by Gasteiger charge is 2.30. The Balaban J connectivity index is 0.00000210. The van der Waals surface area contributed by atoms with Crippen molar-refractivity contribution in [1.29, 1.82) is 0 Å². The van der Waals surface area contributed by atoms with E-state index in [1.54, 1.807) is 0 Å². The second-order valence-electron chi connectivity index (χ2n) is 8.93. The number of aromatic nitrogens is 2. The van der Waals surface area contributed by atoms with Gasteiger partial charge in [0.2, 0.25) is 0 Å². The molecule has 2 aromatic heterocycles. The van der Waals surface area contributed by atoms with E-state index in [9.17, 15) is 4.79 Å². The van der Waals surface area contributed by atoms with Gasteiger partial charge in [-0.05, 0) is 50.1 Å². The van der Waals surface area contributed by atoms with E-state index >= 15 is 0 Å². The van der Waals surface area contributed by atoms with Gasteiger partial charge in [-0.2, -0.15) is 0 Å². The Morgan fingerprint density at radius 2 is 2.11 bits per heavy atom. The first-order chi connectivity index (χ1) is 12.4. The molecule has 1 aliphatic heterocycles. The number of hydrogen-bond donors (Lipinski definition) is 2. The second kappa shape index (κ2) is 7.76. The Kier molecular flexibility index (Phi) is 5.77. The van der Waals surface area contributed by atoms with Crippen molar-refractivity contribution in [1.82, 2.24) is 20.8 Å². The number of carbonyl (C=O) groups is 1. The van der Waals surface area contributed by atoms with Crippen LogP contribution < -0.4 is 10.6 Å². The summed E-state index contributed by atoms with van der Waals surface area (Å²) in [6, 6.07) is 2.14. The molecule has 1 saturated heterocycles. The lowest BCUT2D eigenvalue weighted by Gasteiger charge is -2.24. The molecule has 2 fully saturated rings. The molecule has 0 aromatic carbocycles. The molecule has 6 nitrogen and oxygen atoms in total. The number of rotatable bonds is 4. The van der Waals surface area contributed by atoms with Gasteiger partial charge in [-0.1, -0.05) is 25.9 Å². The van der Waals surface area contributed by atoms with Gasteiger partial charge in [0, 0.05) is 24.2 Å². The van der Waals surface area contributed by atoms with Crippen LogP contribution in [0.2, 0.25) is 0 Å². The van der Waals surface area contributed by atoms with Crippen LogP contribution in [0.5, 0.6) is 0 Å². The molecule has 7 heteroatoms. The molecule has 1 saturated carbocycles. The van der Waals surface area contributed by atoms with Crippen molar-refractivity contribution < 1.29 is 9.32 Å². The number of fused-ring (bicyclic) bond motifs is 1. The summed E-state index contributed by atoms with van der Waals surface area (Å²) in [6.07, 6.45) is 5.12. The lowest BCUT2D eigenvalue weighted by atomic mass is 9.89. The number of amides is 1. The van der Waals surface area contributed by atoms with E-state index in [4.69, 9.17) is 4.52 Å². The molecule has 27 heavy (non-hydrogen) atoms. The SMILES string of the molecule is CC(C)(C)Cc1noc2nc(C3CC3)cc(C(=O)N[C@H]3CCCNC3)c12.Cl. The van der Waals surface area contributed by atoms with Crippen molar-refractivity contribution in [3.05, 3.63) is 23.0 Å². The van der Waals surface area contributed by atoms with Crippen molar-refractivity contribution in [2.75, 3.05) is 13.1 Å². The average molecular weight is 393 g/mol. The van der Waals surface area contributed by atoms with Crippen LogP contribution in [0.15, 0.2) is 10.6 Å². The first-order valence-electron chi connectivity index (χ1n) is 9.71. The fraction of sp³-hybridized carbons (Fsp3) is 0.650. The van der Waals surface area contributed by atoms with Gasteiger partial charge in [-0.25, -0.2) is 4.98 Å². The molecule has 3 heterocycles. The molecule has 0 bridgehead atoms. The quantitative estimate of drug-likeness (QED) is 0.831. The molecule has 0 radical (unpaired) electrons. The second-order valence-corrected chi connectivity index (χ2v) is 8.93. The van der Waals surface area contributed by atoms with E-state index in [1.165, 1.54) is 0 Å². The third-order valence-corrected chi connectivity index (χ3v) is 5.11. The summed E-state index contributed by atoms with van der Waals surface area (Å²) in [5.41, 5.74) is 3.01. The summed E-state index contributed by atoms with van der Waals surface area (Å²) in [6.45, 7) is 8.33. The van der Waals surface area contributed by atoms with Crippen LogP contribution in [0.1, 0.15) is 74.1 Å². The molecule has 4 rings (SSSR count). The van der Waals surface area contributed by atoms with E-state index in [1.807, 2.05) is 6.07 Å². The van der Waals surface area contributed by atoms with Gasteiger partial charge in [0.15, 0.2) is 0 Å². The highest BCUT2D eigenvalue weighted by molar-refractivity contribution is 6.06. The molecule has 1 amide bonds. The molecule has 1 aliphatic carbocycles. The zero-order valence-corrected chi connectivity index (χ0v) is 17.1. The molecule has 0 unspecified atom stereocenters. The summed E-state index contributed by atoms with van der Waals surface area (Å²) in [5.74, 6) is 0.421. The molecule has 0 spiro atoms. The minimum atomic E-state index is -0.0358. The van der Waals surface area contributed by atoms with Gasteiger partial charge in [0.1, 0.15) is 0 Å². The largest absolute Gasteiger partial charge is 0.348 e. The van der Waals surface area contributed by atoms with Crippen LogP contribution in [0.3, 0.4) is 0 Å². The maximum Gasteiger partial charge on any atom is 0.259 e. The number of pyridine rings is 1. The number of piperidine rings is 1. The van der Waals surface area contributed by atoms with Crippen LogP contribution in [0.4, 0.5) is 0 Å². The third-order valence-electron chi connectivity index (χ3n) is 5.11. The van der Waals surface area contributed by atoms with Crippen LogP contribution in [-0.2, 0) is 6.42 Å². The Morgan fingerprint density at radius 3 is 2.74 bits per heavy atom. The van der Waals surface area contributed by atoms with Crippen molar-refractivity contribution >= 4 is 29.4 Å². The maximum atomic E-state index is 13.1. The summed E-state index contributed by atoms with van der Waals surface area (Å²) < 4.78 is 5.54. The fourth-order valence-corrected chi connectivity index (χ4v) is 3.66. The highest BCUT2D eigenvalue weighted by Crippen LogP contribution is 2.41. The number of nitrogens with zero attached hydrogens (tertiary/aromatic N) is 2. The van der Waals surface area contributed by atoms with Gasteiger partial charge in [0.05, 0.1) is 16.6 Å². The molecular formula is C20H29ClN4O2. The van der Waals surface area contributed by atoms with E-state index < -0.39 is 0 Å². The number of hydrogen-bond acceptors (Lipinski definition) is 5. The Labute approximate surface area is 166 Å². The Bertz CT molecular complexity index is 817. The van der Waals surface area contributed by atoms with Crippen molar-refractivity contribution in [3.63, 3.8) is 0 Å². The fourth-order valence-electron chi connectivity index (χ4n) is 3.66. The van der Waals surface area contributed by atoms with Crippen LogP contribution >= 0.6 is 12.4 Å². The number of halogens is 1. The van der Waals surface area contributed by atoms with Gasteiger partial charge in [0.25, 0.3) is 11.6 Å².